The Morgan fingerprint density at radius 3 is 1.63 bits per heavy atom. The minimum atomic E-state index is -0.136. The molecule has 0 aromatic heterocycles. The Kier molecular flexibility index (Phi) is 10.8. The normalized spacial score (nSPS) is 19.7. The molecule has 4 heteroatoms. The topological polar surface area (TPSA) is 9.72 Å². The van der Waals surface area contributed by atoms with Crippen LogP contribution >= 0.6 is 0 Å². The number of anilines is 8. The fourth-order valence-corrected chi connectivity index (χ4v) is 13.0. The summed E-state index contributed by atoms with van der Waals surface area (Å²) in [4.78, 5) is 8.09. The first-order valence-corrected chi connectivity index (χ1v) is 26.8. The van der Waals surface area contributed by atoms with Gasteiger partial charge < -0.3 is 14.7 Å². The molecule has 2 unspecified atom stereocenters. The van der Waals surface area contributed by atoms with Crippen molar-refractivity contribution in [3.05, 3.63) is 173 Å². The van der Waals surface area contributed by atoms with Gasteiger partial charge in [-0.2, -0.15) is 0 Å². The van der Waals surface area contributed by atoms with Crippen LogP contribution in [0.1, 0.15) is 157 Å². The number of rotatable bonds is 4. The molecule has 3 heterocycles. The molecule has 2 atom stereocenters. The van der Waals surface area contributed by atoms with Crippen LogP contribution in [0, 0.1) is 0 Å². The van der Waals surface area contributed by atoms with Crippen LogP contribution in [0.3, 0.4) is 0 Å². The average molecular weight is 934 g/mol. The second-order valence-corrected chi connectivity index (χ2v) is 26.2. The van der Waals surface area contributed by atoms with Crippen molar-refractivity contribution in [3.63, 3.8) is 0 Å². The summed E-state index contributed by atoms with van der Waals surface area (Å²) in [6.07, 6.45) is 6.18. The lowest BCUT2D eigenvalue weighted by atomic mass is 9.33. The van der Waals surface area contributed by atoms with Crippen LogP contribution in [0.4, 0.5) is 45.5 Å². The molecule has 362 valence electrons. The predicted octanol–water partition coefficient (Wildman–Crippen LogP) is 16.8. The molecular weight excluding hydrogens is 858 g/mol. The summed E-state index contributed by atoms with van der Waals surface area (Å²) in [5, 5.41) is 0. The molecule has 0 bridgehead atoms. The highest BCUT2D eigenvalue weighted by Crippen LogP contribution is 2.60. The summed E-state index contributed by atoms with van der Waals surface area (Å²) >= 11 is 0. The van der Waals surface area contributed by atoms with Crippen LogP contribution < -0.4 is 31.1 Å². The molecule has 71 heavy (non-hydrogen) atoms. The molecule has 0 amide bonds. The largest absolute Gasteiger partial charge is 0.334 e. The highest BCUT2D eigenvalue weighted by Gasteiger charge is 2.57. The van der Waals surface area contributed by atoms with Crippen molar-refractivity contribution in [1.29, 1.82) is 0 Å². The van der Waals surface area contributed by atoms with Crippen molar-refractivity contribution < 1.29 is 0 Å². The fraction of sp³-hybridized carbons (Fsp3) is 0.373. The van der Waals surface area contributed by atoms with E-state index in [1.807, 2.05) is 0 Å². The van der Waals surface area contributed by atoms with E-state index in [9.17, 15) is 0 Å². The Balaban J connectivity index is 1.24. The lowest BCUT2D eigenvalue weighted by molar-refractivity contribution is 0.261. The summed E-state index contributed by atoms with van der Waals surface area (Å²) in [5.41, 5.74) is 23.3. The molecule has 0 spiro atoms. The van der Waals surface area contributed by atoms with Crippen molar-refractivity contribution in [2.75, 3.05) is 14.7 Å². The third kappa shape index (κ3) is 7.51. The lowest BCUT2D eigenvalue weighted by Crippen LogP contribution is -2.61. The third-order valence-corrected chi connectivity index (χ3v) is 17.5. The molecule has 0 N–H and O–H groups in total. The van der Waals surface area contributed by atoms with E-state index >= 15 is 0 Å². The quantitative estimate of drug-likeness (QED) is 0.163. The highest BCUT2D eigenvalue weighted by molar-refractivity contribution is 7.00. The number of para-hydroxylation sites is 1. The monoisotopic (exact) mass is 934 g/mol. The van der Waals surface area contributed by atoms with Gasteiger partial charge >= 0.3 is 0 Å². The van der Waals surface area contributed by atoms with Crippen molar-refractivity contribution in [3.8, 4) is 11.1 Å². The van der Waals surface area contributed by atoms with Crippen LogP contribution in [0.2, 0.25) is 0 Å². The molecule has 0 radical (unpaired) electrons. The summed E-state index contributed by atoms with van der Waals surface area (Å²) in [6, 6.07) is 57.4. The molecule has 4 aliphatic rings. The Labute approximate surface area is 427 Å². The van der Waals surface area contributed by atoms with Gasteiger partial charge in [0, 0.05) is 50.8 Å². The van der Waals surface area contributed by atoms with Gasteiger partial charge in [0.1, 0.15) is 0 Å². The van der Waals surface area contributed by atoms with Crippen molar-refractivity contribution >= 4 is 68.6 Å². The Bertz CT molecular complexity index is 3210. The molecule has 11 rings (SSSR count). The van der Waals surface area contributed by atoms with Gasteiger partial charge in [-0.25, -0.2) is 0 Å². The van der Waals surface area contributed by atoms with E-state index in [2.05, 4.69) is 257 Å². The van der Waals surface area contributed by atoms with Crippen LogP contribution in [0.15, 0.2) is 146 Å². The van der Waals surface area contributed by atoms with Crippen LogP contribution in [-0.4, -0.2) is 12.3 Å². The SMILES string of the molecule is CC(C)(C)c1ccc(N2c3cc(N4c5ccccc5C5(C)CCCCCC45C)ccc3B3c4cc(C(C)(C)C)ccc4N(c4ccc(C(C)(C)C)cc4-c4ccccc4)c4cc(C(C)(C)C)cc2c43)cc1. The molecule has 3 nitrogen and oxygen atoms in total. The minimum Gasteiger partial charge on any atom is -0.334 e. The maximum absolute atomic E-state index is 2.78. The first-order valence-electron chi connectivity index (χ1n) is 26.8. The molecule has 7 aromatic rings. The van der Waals surface area contributed by atoms with E-state index in [4.69, 9.17) is 0 Å². The van der Waals surface area contributed by atoms with Gasteiger partial charge in [-0.1, -0.05) is 194 Å². The number of hydrogen-bond donors (Lipinski definition) is 0. The molecule has 1 fully saturated rings. The average Bonchev–Trinajstić information content (AvgIpc) is 3.39. The smallest absolute Gasteiger partial charge is 0.252 e. The van der Waals surface area contributed by atoms with Gasteiger partial charge in [-0.3, -0.25) is 0 Å². The van der Waals surface area contributed by atoms with Gasteiger partial charge in [0.05, 0.1) is 11.2 Å². The predicted molar refractivity (Wildman–Crippen MR) is 308 cm³/mol. The summed E-state index contributed by atoms with van der Waals surface area (Å²) in [6.45, 7) is 33.4. The van der Waals surface area contributed by atoms with Crippen molar-refractivity contribution in [1.82, 2.24) is 0 Å². The molecule has 1 aliphatic carbocycles. The Hall–Kier alpha value is -6.00. The molecule has 3 aliphatic heterocycles. The van der Waals surface area contributed by atoms with E-state index in [0.717, 1.165) is 6.42 Å². The zero-order valence-corrected chi connectivity index (χ0v) is 45.3. The summed E-state index contributed by atoms with van der Waals surface area (Å²) in [5.74, 6) is 0. The number of benzene rings is 7. The van der Waals surface area contributed by atoms with E-state index < -0.39 is 0 Å². The summed E-state index contributed by atoms with van der Waals surface area (Å²) < 4.78 is 0. The lowest BCUT2D eigenvalue weighted by Gasteiger charge is -2.48. The molecule has 0 saturated heterocycles. The number of hydrogen-bond acceptors (Lipinski definition) is 3. The highest BCUT2D eigenvalue weighted by atomic mass is 15.3. The zero-order valence-electron chi connectivity index (χ0n) is 45.3. The summed E-state index contributed by atoms with van der Waals surface area (Å²) in [7, 11) is 0. The first-order chi connectivity index (χ1) is 33.5. The van der Waals surface area contributed by atoms with Gasteiger partial charge in [0.2, 0.25) is 0 Å². The van der Waals surface area contributed by atoms with E-state index in [0.29, 0.717) is 0 Å². The third-order valence-electron chi connectivity index (χ3n) is 17.5. The van der Waals surface area contributed by atoms with Gasteiger partial charge in [-0.15, -0.1) is 0 Å². The van der Waals surface area contributed by atoms with Crippen LogP contribution in [-0.2, 0) is 27.1 Å². The van der Waals surface area contributed by atoms with Crippen LogP contribution in [0.25, 0.3) is 11.1 Å². The van der Waals surface area contributed by atoms with E-state index in [1.54, 1.807) is 0 Å². The van der Waals surface area contributed by atoms with E-state index in [-0.39, 0.29) is 39.3 Å². The first kappa shape index (κ1) is 47.3. The molecular formula is C67H76BN3. The second-order valence-electron chi connectivity index (χ2n) is 26.2. The Morgan fingerprint density at radius 1 is 0.408 bits per heavy atom. The maximum Gasteiger partial charge on any atom is 0.252 e. The van der Waals surface area contributed by atoms with Crippen molar-refractivity contribution in [2.24, 2.45) is 0 Å². The maximum atomic E-state index is 2.78. The number of fused-ring (bicyclic) bond motifs is 7. The van der Waals surface area contributed by atoms with Crippen molar-refractivity contribution in [2.45, 2.75) is 162 Å². The molecule has 1 saturated carbocycles. The van der Waals surface area contributed by atoms with Gasteiger partial charge in [0.15, 0.2) is 0 Å². The van der Waals surface area contributed by atoms with Gasteiger partial charge in [-0.05, 0) is 152 Å². The fourth-order valence-electron chi connectivity index (χ4n) is 13.0. The van der Waals surface area contributed by atoms with Gasteiger partial charge in [0.25, 0.3) is 6.71 Å². The second kappa shape index (κ2) is 16.3. The number of nitrogens with zero attached hydrogens (tertiary/aromatic N) is 3. The zero-order chi connectivity index (χ0) is 50.2. The van der Waals surface area contributed by atoms with E-state index in [1.165, 1.54) is 127 Å². The molecule has 7 aromatic carbocycles. The van der Waals surface area contributed by atoms with Crippen LogP contribution in [0.5, 0.6) is 0 Å². The Morgan fingerprint density at radius 2 is 0.972 bits per heavy atom. The minimum absolute atomic E-state index is 0.00432. The standard InChI is InChI=1S/C67H76BN3/c1-62(2,3)45-27-31-49(32-28-45)69-58-43-50(71-56-26-20-19-25-52(56)66(13)37-21-16-22-38-67(66,71)14)33-34-53(58)68-54-40-47(64(7,8)9)30-36-57(54)70(60-42-48(65(10,11)12)41-59(69)61(60)68)55-35-29-46(63(4,5)6)39-51(55)44-23-17-15-18-24-44/h15,17-20,23-36,39-43H,16,21-22,37-38H2,1-14H3.